The Morgan fingerprint density at radius 1 is 0.729 bits per heavy atom. The van der Waals surface area contributed by atoms with Crippen molar-refractivity contribution in [3.8, 4) is 0 Å². The van der Waals surface area contributed by atoms with Crippen LogP contribution in [0.15, 0.2) is 60.7 Å². The van der Waals surface area contributed by atoms with Crippen LogP contribution in [0.2, 0.25) is 0 Å². The molecule has 18 nitrogen and oxygen atoms in total. The molecule has 4 rings (SSSR count). The Morgan fingerprint density at radius 2 is 1.31 bits per heavy atom. The molecule has 0 unspecified atom stereocenters. The standard InChI is InChI=1S/C52H79N8O10/c1-33(2)28-39(57-49(67)70-50(5,6)7)44(62)56-40(29-35-20-14-12-15-21-35)47(65)59-27-19-25-41(59)45(63)58-42(34(3)4)46(64)55-38(24-18-26-53-48(66)69-32-36-22-16-13-17-23-36)43(61)54-37-30-51(8,9)60(68)52(10,11)31-37/h12-17,20-23,33-34,37-42H,18-19,24-32H2,1-11H3,(H,53,66)(H,54,61)(H,55,64)(H,56,62)(H,57,67)(H,58,63)/t38-,39-,40-,41-,42-/m0/s1. The highest BCUT2D eigenvalue weighted by Gasteiger charge is 2.47. The summed E-state index contributed by atoms with van der Waals surface area (Å²) < 4.78 is 10.8. The van der Waals surface area contributed by atoms with Crippen molar-refractivity contribution in [2.75, 3.05) is 13.1 Å². The highest BCUT2D eigenvalue weighted by atomic mass is 16.6. The maximum Gasteiger partial charge on any atom is 0.408 e. The third-order valence-electron chi connectivity index (χ3n) is 12.4. The van der Waals surface area contributed by atoms with E-state index in [9.17, 15) is 38.8 Å². The number of benzene rings is 2. The first kappa shape index (κ1) is 56.8. The van der Waals surface area contributed by atoms with Crippen LogP contribution in [0.3, 0.4) is 0 Å². The molecule has 6 N–H and O–H groups in total. The Kier molecular flexibility index (Phi) is 20.6. The van der Waals surface area contributed by atoms with E-state index in [0.717, 1.165) is 16.2 Å². The topological polar surface area (TPSA) is 237 Å². The number of nitrogens with zero attached hydrogens (tertiary/aromatic N) is 2. The van der Waals surface area contributed by atoms with Gasteiger partial charge in [-0.3, -0.25) is 24.0 Å². The second-order valence-corrected chi connectivity index (χ2v) is 21.7. The van der Waals surface area contributed by atoms with Crippen molar-refractivity contribution in [3.63, 3.8) is 0 Å². The van der Waals surface area contributed by atoms with Gasteiger partial charge in [-0.15, -0.1) is 10.3 Å². The van der Waals surface area contributed by atoms with Crippen LogP contribution in [0.4, 0.5) is 9.59 Å². The van der Waals surface area contributed by atoms with Gasteiger partial charge in [0.25, 0.3) is 0 Å². The number of hydrogen-bond acceptors (Lipinski definition) is 10. The van der Waals surface area contributed by atoms with Crippen LogP contribution in [0, 0.1) is 11.8 Å². The van der Waals surface area contributed by atoms with Crippen molar-refractivity contribution in [2.24, 2.45) is 11.8 Å². The number of nitrogens with one attached hydrogen (secondary N) is 6. The second-order valence-electron chi connectivity index (χ2n) is 21.7. The molecular formula is C52H79N8O10. The van der Waals surface area contributed by atoms with E-state index < -0.39 is 94.5 Å². The highest BCUT2D eigenvalue weighted by Crippen LogP contribution is 2.37. The maximum absolute atomic E-state index is 14.6. The average molecular weight is 976 g/mol. The molecule has 2 aromatic rings. The minimum Gasteiger partial charge on any atom is -0.445 e. The van der Waals surface area contributed by atoms with Gasteiger partial charge in [-0.1, -0.05) is 88.4 Å². The van der Waals surface area contributed by atoms with Gasteiger partial charge < -0.3 is 46.3 Å². The third-order valence-corrected chi connectivity index (χ3v) is 12.4. The molecular weight excluding hydrogens is 897 g/mol. The van der Waals surface area contributed by atoms with Gasteiger partial charge in [0, 0.05) is 36.6 Å². The Morgan fingerprint density at radius 3 is 1.89 bits per heavy atom. The molecule has 0 saturated carbocycles. The lowest BCUT2D eigenvalue weighted by Gasteiger charge is -2.50. The molecule has 0 aromatic heterocycles. The molecule has 2 aromatic carbocycles. The number of ether oxygens (including phenoxy) is 2. The summed E-state index contributed by atoms with van der Waals surface area (Å²) in [6.45, 7) is 20.2. The molecule has 18 heteroatoms. The van der Waals surface area contributed by atoms with Gasteiger partial charge in [0.2, 0.25) is 29.5 Å². The number of piperidine rings is 1. The first-order valence-corrected chi connectivity index (χ1v) is 24.7. The van der Waals surface area contributed by atoms with Gasteiger partial charge in [0.1, 0.15) is 42.4 Å². The van der Waals surface area contributed by atoms with Crippen LogP contribution in [-0.2, 0) is 51.7 Å². The van der Waals surface area contributed by atoms with Gasteiger partial charge >= 0.3 is 12.2 Å². The molecule has 2 aliphatic heterocycles. The van der Waals surface area contributed by atoms with E-state index in [1.165, 1.54) is 4.90 Å². The van der Waals surface area contributed by atoms with Crippen molar-refractivity contribution >= 4 is 41.7 Å². The number of hydrogen-bond donors (Lipinski definition) is 6. The number of hydroxylamine groups is 2. The Hall–Kier alpha value is -5.75. The normalized spacial score (nSPS) is 18.7. The zero-order chi connectivity index (χ0) is 52.0. The van der Waals surface area contributed by atoms with Gasteiger partial charge in [-0.05, 0) is 116 Å². The molecule has 2 heterocycles. The summed E-state index contributed by atoms with van der Waals surface area (Å²) in [4.78, 5) is 98.1. The summed E-state index contributed by atoms with van der Waals surface area (Å²) in [5.74, 6) is -3.19. The summed E-state index contributed by atoms with van der Waals surface area (Å²) in [5.41, 5.74) is -0.764. The number of carbonyl (C=O) groups is 7. The molecule has 2 saturated heterocycles. The fourth-order valence-corrected chi connectivity index (χ4v) is 9.23. The molecule has 70 heavy (non-hydrogen) atoms. The van der Waals surface area contributed by atoms with Crippen LogP contribution in [0.1, 0.15) is 132 Å². The predicted octanol–water partition coefficient (Wildman–Crippen LogP) is 5.46. The van der Waals surface area contributed by atoms with E-state index in [2.05, 4.69) is 31.9 Å². The lowest BCUT2D eigenvalue weighted by molar-refractivity contribution is -0.290. The van der Waals surface area contributed by atoms with E-state index >= 15 is 0 Å². The van der Waals surface area contributed by atoms with Crippen LogP contribution in [0.5, 0.6) is 0 Å². The highest BCUT2D eigenvalue weighted by molar-refractivity contribution is 5.96. The summed E-state index contributed by atoms with van der Waals surface area (Å²) in [5, 5.41) is 31.2. The van der Waals surface area contributed by atoms with Gasteiger partial charge in [-0.2, -0.15) is 0 Å². The molecule has 1 radical (unpaired) electrons. The largest absolute Gasteiger partial charge is 0.445 e. The first-order valence-electron chi connectivity index (χ1n) is 24.7. The van der Waals surface area contributed by atoms with Crippen molar-refractivity contribution in [1.29, 1.82) is 0 Å². The summed E-state index contributed by atoms with van der Waals surface area (Å²) in [6.07, 6.45) is 0.901. The maximum atomic E-state index is 14.6. The zero-order valence-corrected chi connectivity index (χ0v) is 43.1. The van der Waals surface area contributed by atoms with Gasteiger partial charge in [-0.25, -0.2) is 9.59 Å². The fourth-order valence-electron chi connectivity index (χ4n) is 9.23. The lowest BCUT2D eigenvalue weighted by Crippen LogP contribution is -2.64. The quantitative estimate of drug-likeness (QED) is 0.0865. The zero-order valence-electron chi connectivity index (χ0n) is 43.1. The number of carbonyl (C=O) groups excluding carboxylic acids is 7. The Labute approximate surface area is 414 Å². The third kappa shape index (κ3) is 17.6. The van der Waals surface area contributed by atoms with E-state index in [-0.39, 0.29) is 57.3 Å². The van der Waals surface area contributed by atoms with E-state index in [1.807, 2.05) is 102 Å². The first-order chi connectivity index (χ1) is 32.8. The Balaban J connectivity index is 1.50. The van der Waals surface area contributed by atoms with Crippen LogP contribution in [0.25, 0.3) is 0 Å². The van der Waals surface area contributed by atoms with Gasteiger partial charge in [0.15, 0.2) is 0 Å². The molecule has 2 aliphatic rings. The monoisotopic (exact) mass is 976 g/mol. The number of alkyl carbamates (subject to hydrolysis) is 2. The molecule has 7 amide bonds. The fraction of sp³-hybridized carbons (Fsp3) is 0.635. The minimum absolute atomic E-state index is 0.00244. The predicted molar refractivity (Wildman–Crippen MR) is 264 cm³/mol. The summed E-state index contributed by atoms with van der Waals surface area (Å²) in [7, 11) is 0. The van der Waals surface area contributed by atoms with Crippen LogP contribution in [-0.4, -0.2) is 118 Å². The molecule has 2 fully saturated rings. The smallest absolute Gasteiger partial charge is 0.408 e. The average Bonchev–Trinajstić information content (AvgIpc) is 3.77. The van der Waals surface area contributed by atoms with Crippen LogP contribution >= 0.6 is 0 Å². The SMILES string of the molecule is CC(C)C[C@H](NC(=O)OC(C)(C)C)C(=O)N[C@@H](Cc1ccccc1)C(=O)N1CCC[C@H]1C(=O)N[C@H](C(=O)N[C@@H](CCCNC(=O)OCc1ccccc1)C(=O)NC1CC(C)(C)N([O])C(C)(C)C1)C(C)C. The lowest BCUT2D eigenvalue weighted by atomic mass is 9.79. The van der Waals surface area contributed by atoms with Crippen molar-refractivity contribution in [3.05, 3.63) is 71.8 Å². The molecule has 0 spiro atoms. The number of amides is 7. The molecule has 5 atom stereocenters. The van der Waals surface area contributed by atoms with Crippen molar-refractivity contribution in [2.45, 2.75) is 187 Å². The molecule has 0 bridgehead atoms. The van der Waals surface area contributed by atoms with Crippen molar-refractivity contribution < 1.29 is 48.2 Å². The van der Waals surface area contributed by atoms with E-state index in [1.54, 1.807) is 34.6 Å². The minimum atomic E-state index is -1.12. The van der Waals surface area contributed by atoms with E-state index in [4.69, 9.17) is 9.47 Å². The molecule has 387 valence electrons. The summed E-state index contributed by atoms with van der Waals surface area (Å²) in [6, 6.07) is 12.7. The summed E-state index contributed by atoms with van der Waals surface area (Å²) >= 11 is 0. The Bertz CT molecular complexity index is 2060. The molecule has 0 aliphatic carbocycles. The van der Waals surface area contributed by atoms with Crippen LogP contribution < -0.4 is 31.9 Å². The van der Waals surface area contributed by atoms with Crippen molar-refractivity contribution in [1.82, 2.24) is 41.9 Å². The number of rotatable bonds is 21. The van der Waals surface area contributed by atoms with E-state index in [0.29, 0.717) is 25.7 Å². The second kappa shape index (κ2) is 25.4. The number of likely N-dealkylation sites (tertiary alicyclic amines) is 1. The van der Waals surface area contributed by atoms with Gasteiger partial charge in [0.05, 0.1) is 0 Å².